The first-order chi connectivity index (χ1) is 7.13. The summed E-state index contributed by atoms with van der Waals surface area (Å²) in [4.78, 5) is 17.9. The summed E-state index contributed by atoms with van der Waals surface area (Å²) in [7, 11) is 1.57. The molecule has 0 bridgehead atoms. The van der Waals surface area contributed by atoms with E-state index in [1.54, 1.807) is 7.11 Å². The molecule has 0 saturated carbocycles. The van der Waals surface area contributed by atoms with E-state index in [0.717, 1.165) is 6.20 Å². The van der Waals surface area contributed by atoms with Crippen LogP contribution in [-0.2, 0) is 4.74 Å². The summed E-state index contributed by atoms with van der Waals surface area (Å²) < 4.78 is 10.2. The number of methoxy groups -OCH3 is 1. The van der Waals surface area contributed by atoms with Gasteiger partial charge in [-0.3, -0.25) is 0 Å². The van der Waals surface area contributed by atoms with Gasteiger partial charge in [-0.1, -0.05) is 0 Å². The first kappa shape index (κ1) is 11.4. The number of hydrogen-bond donors (Lipinski definition) is 1. The maximum absolute atomic E-state index is 10.5. The Kier molecular flexibility index (Phi) is 3.99. The Bertz CT molecular complexity index is 325. The van der Waals surface area contributed by atoms with E-state index >= 15 is 0 Å². The minimum atomic E-state index is -1.11. The van der Waals surface area contributed by atoms with Crippen molar-refractivity contribution in [1.82, 2.24) is 9.97 Å². The lowest BCUT2D eigenvalue weighted by atomic mass is 10.4. The van der Waals surface area contributed by atoms with Gasteiger partial charge in [-0.2, -0.15) is 0 Å². The molecule has 0 aliphatic rings. The van der Waals surface area contributed by atoms with Gasteiger partial charge in [0.1, 0.15) is 6.10 Å². The molecule has 0 aliphatic heterocycles. The van der Waals surface area contributed by atoms with E-state index in [9.17, 15) is 4.79 Å². The molecule has 6 nitrogen and oxygen atoms in total. The van der Waals surface area contributed by atoms with E-state index in [-0.39, 0.29) is 17.7 Å². The molecule has 0 spiro atoms. The van der Waals surface area contributed by atoms with E-state index < -0.39 is 5.97 Å². The van der Waals surface area contributed by atoms with E-state index in [0.29, 0.717) is 6.61 Å². The van der Waals surface area contributed by atoms with Crippen molar-refractivity contribution in [3.05, 3.63) is 18.1 Å². The minimum absolute atomic E-state index is 0.109. The van der Waals surface area contributed by atoms with Gasteiger partial charge in [0.05, 0.1) is 19.0 Å². The van der Waals surface area contributed by atoms with Crippen molar-refractivity contribution in [3.8, 4) is 5.88 Å². The van der Waals surface area contributed by atoms with E-state index in [2.05, 4.69) is 9.97 Å². The highest BCUT2D eigenvalue weighted by Gasteiger charge is 2.07. The number of aromatic nitrogens is 2. The summed E-state index contributed by atoms with van der Waals surface area (Å²) in [5.74, 6) is -0.830. The van der Waals surface area contributed by atoms with Crippen molar-refractivity contribution in [3.63, 3.8) is 0 Å². The zero-order chi connectivity index (χ0) is 11.3. The monoisotopic (exact) mass is 212 g/mol. The molecular formula is C9H12N2O4. The number of rotatable bonds is 5. The molecule has 1 atom stereocenters. The first-order valence-electron chi connectivity index (χ1n) is 4.34. The number of carboxylic acid groups (broad SMARTS) is 1. The fraction of sp³-hybridized carbons (Fsp3) is 0.444. The van der Waals surface area contributed by atoms with E-state index in [1.807, 2.05) is 6.92 Å². The van der Waals surface area contributed by atoms with Crippen molar-refractivity contribution in [1.29, 1.82) is 0 Å². The predicted octanol–water partition coefficient (Wildman–Crippen LogP) is 0.589. The number of nitrogens with zero attached hydrogens (tertiary/aromatic N) is 2. The normalized spacial score (nSPS) is 12.1. The van der Waals surface area contributed by atoms with Gasteiger partial charge in [0.25, 0.3) is 0 Å². The molecule has 0 radical (unpaired) electrons. The Morgan fingerprint density at radius 1 is 1.53 bits per heavy atom. The number of aromatic carboxylic acids is 1. The van der Waals surface area contributed by atoms with Crippen molar-refractivity contribution in [2.24, 2.45) is 0 Å². The maximum atomic E-state index is 10.5. The average Bonchev–Trinajstić information content (AvgIpc) is 2.18. The highest BCUT2D eigenvalue weighted by molar-refractivity contribution is 5.84. The molecule has 0 aliphatic carbocycles. The van der Waals surface area contributed by atoms with Crippen LogP contribution < -0.4 is 4.74 Å². The third-order valence-electron chi connectivity index (χ3n) is 1.57. The lowest BCUT2D eigenvalue weighted by Gasteiger charge is -2.11. The van der Waals surface area contributed by atoms with E-state index in [4.69, 9.17) is 14.6 Å². The quantitative estimate of drug-likeness (QED) is 0.769. The lowest BCUT2D eigenvalue weighted by molar-refractivity contribution is 0.0688. The van der Waals surface area contributed by atoms with Gasteiger partial charge in [-0.25, -0.2) is 14.8 Å². The maximum Gasteiger partial charge on any atom is 0.356 e. The summed E-state index contributed by atoms with van der Waals surface area (Å²) in [6, 6.07) is 0. The van der Waals surface area contributed by atoms with Crippen LogP contribution in [-0.4, -0.2) is 40.9 Å². The molecule has 1 rings (SSSR count). The standard InChI is InChI=1S/C9H12N2O4/c1-6(5-14-2)15-8-4-10-7(3-11-8)9(12)13/h3-4,6H,5H2,1-2H3,(H,12,13)/t6-/m0/s1. The van der Waals surface area contributed by atoms with Gasteiger partial charge >= 0.3 is 5.97 Å². The largest absolute Gasteiger partial charge is 0.476 e. The zero-order valence-electron chi connectivity index (χ0n) is 8.51. The fourth-order valence-electron chi connectivity index (χ4n) is 0.962. The van der Waals surface area contributed by atoms with Gasteiger partial charge in [-0.05, 0) is 6.92 Å². The number of carbonyl (C=O) groups is 1. The Labute approximate surface area is 86.9 Å². The second-order valence-electron chi connectivity index (χ2n) is 2.93. The molecular weight excluding hydrogens is 200 g/mol. The summed E-state index contributed by atoms with van der Waals surface area (Å²) >= 11 is 0. The highest BCUT2D eigenvalue weighted by atomic mass is 16.5. The van der Waals surface area contributed by atoms with Crippen LogP contribution in [0.1, 0.15) is 17.4 Å². The van der Waals surface area contributed by atoms with Gasteiger partial charge in [0.15, 0.2) is 5.69 Å². The van der Waals surface area contributed by atoms with Crippen LogP contribution >= 0.6 is 0 Å². The van der Waals surface area contributed by atoms with Gasteiger partial charge in [0, 0.05) is 7.11 Å². The SMILES string of the molecule is COC[C@H](C)Oc1cnc(C(=O)O)cn1. The fourth-order valence-corrected chi connectivity index (χ4v) is 0.962. The van der Waals surface area contributed by atoms with Crippen molar-refractivity contribution >= 4 is 5.97 Å². The molecule has 1 N–H and O–H groups in total. The van der Waals surface area contributed by atoms with Crippen LogP contribution in [0.25, 0.3) is 0 Å². The van der Waals surface area contributed by atoms with Crippen molar-refractivity contribution in [2.45, 2.75) is 13.0 Å². The molecule has 82 valence electrons. The van der Waals surface area contributed by atoms with E-state index in [1.165, 1.54) is 6.20 Å². The average molecular weight is 212 g/mol. The zero-order valence-corrected chi connectivity index (χ0v) is 8.51. The number of ether oxygens (including phenoxy) is 2. The Morgan fingerprint density at radius 3 is 2.73 bits per heavy atom. The van der Waals surface area contributed by atoms with Crippen LogP contribution in [0, 0.1) is 0 Å². The van der Waals surface area contributed by atoms with Gasteiger partial charge in [-0.15, -0.1) is 0 Å². The topological polar surface area (TPSA) is 81.5 Å². The Balaban J connectivity index is 2.60. The third kappa shape index (κ3) is 3.51. The second-order valence-corrected chi connectivity index (χ2v) is 2.93. The van der Waals surface area contributed by atoms with Crippen LogP contribution in [0.4, 0.5) is 0 Å². The number of hydrogen-bond acceptors (Lipinski definition) is 5. The molecule has 1 aromatic heterocycles. The van der Waals surface area contributed by atoms with Crippen LogP contribution in [0.15, 0.2) is 12.4 Å². The van der Waals surface area contributed by atoms with Crippen LogP contribution in [0.2, 0.25) is 0 Å². The predicted molar refractivity (Wildman–Crippen MR) is 51.0 cm³/mol. The van der Waals surface area contributed by atoms with Crippen LogP contribution in [0.3, 0.4) is 0 Å². The lowest BCUT2D eigenvalue weighted by Crippen LogP contribution is -2.18. The third-order valence-corrected chi connectivity index (χ3v) is 1.57. The van der Waals surface area contributed by atoms with Crippen molar-refractivity contribution in [2.75, 3.05) is 13.7 Å². The molecule has 1 aromatic rings. The molecule has 6 heteroatoms. The molecule has 1 heterocycles. The van der Waals surface area contributed by atoms with Crippen LogP contribution in [0.5, 0.6) is 5.88 Å². The summed E-state index contributed by atoms with van der Waals surface area (Å²) in [5.41, 5.74) is -0.109. The molecule has 0 saturated heterocycles. The first-order valence-corrected chi connectivity index (χ1v) is 4.34. The molecule has 0 unspecified atom stereocenters. The second kappa shape index (κ2) is 5.26. The smallest absolute Gasteiger partial charge is 0.356 e. The molecule has 15 heavy (non-hydrogen) atoms. The molecule has 0 aromatic carbocycles. The van der Waals surface area contributed by atoms with Gasteiger partial charge in [0.2, 0.25) is 5.88 Å². The van der Waals surface area contributed by atoms with Crippen molar-refractivity contribution < 1.29 is 19.4 Å². The highest BCUT2D eigenvalue weighted by Crippen LogP contribution is 2.06. The number of carboxylic acids is 1. The Morgan fingerprint density at radius 2 is 2.27 bits per heavy atom. The van der Waals surface area contributed by atoms with Gasteiger partial charge < -0.3 is 14.6 Å². The molecule has 0 fully saturated rings. The summed E-state index contributed by atoms with van der Waals surface area (Å²) in [6.45, 7) is 2.25. The summed E-state index contributed by atoms with van der Waals surface area (Å²) in [6.07, 6.45) is 2.27. The summed E-state index contributed by atoms with van der Waals surface area (Å²) in [5, 5.41) is 8.58. The minimum Gasteiger partial charge on any atom is -0.476 e. The Hall–Kier alpha value is -1.69. The molecule has 0 amide bonds.